The summed E-state index contributed by atoms with van der Waals surface area (Å²) in [6, 6.07) is 11.8. The third-order valence-electron chi connectivity index (χ3n) is 2.43. The first kappa shape index (κ1) is 13.2. The van der Waals surface area contributed by atoms with Crippen LogP contribution in [0.25, 0.3) is 0 Å². The summed E-state index contributed by atoms with van der Waals surface area (Å²) in [6.07, 6.45) is 3.06. The van der Waals surface area contributed by atoms with Gasteiger partial charge in [-0.2, -0.15) is 0 Å². The van der Waals surface area contributed by atoms with Crippen molar-refractivity contribution >= 4 is 8.80 Å². The summed E-state index contributed by atoms with van der Waals surface area (Å²) in [5.41, 5.74) is 2.94. The number of aliphatic hydroxyl groups is 1. The molecule has 0 bridgehead atoms. The lowest BCUT2D eigenvalue weighted by Gasteiger charge is -2.12. The minimum atomic E-state index is -0.668. The molecule has 1 N–H and O–H groups in total. The molecule has 0 saturated carbocycles. The molecule has 0 spiro atoms. The highest BCUT2D eigenvalue weighted by Gasteiger charge is 2.08. The van der Waals surface area contributed by atoms with E-state index in [1.807, 2.05) is 19.9 Å². The van der Waals surface area contributed by atoms with E-state index in [9.17, 15) is 5.11 Å². The third kappa shape index (κ3) is 5.88. The van der Waals surface area contributed by atoms with E-state index in [0.29, 0.717) is 0 Å². The van der Waals surface area contributed by atoms with Crippen molar-refractivity contribution in [1.29, 1.82) is 0 Å². The average Bonchev–Trinajstić information content (AvgIpc) is 2.24. The quantitative estimate of drug-likeness (QED) is 0.774. The Bertz CT molecular complexity index is 324. The molecule has 1 aromatic rings. The second-order valence-corrected chi connectivity index (χ2v) is 7.34. The maximum absolute atomic E-state index is 9.58. The van der Waals surface area contributed by atoms with E-state index in [4.69, 9.17) is 0 Å². The Hall–Kier alpha value is -0.863. The Morgan fingerprint density at radius 1 is 1.25 bits per heavy atom. The number of rotatable bonds is 5. The van der Waals surface area contributed by atoms with Crippen LogP contribution in [0, 0.1) is 0 Å². The number of hydrogen-bond donors (Lipinski definition) is 1. The SMILES string of the molecule is C[Si](/C=C/C(C)(C)O)CCc1ccccc1. The van der Waals surface area contributed by atoms with Crippen molar-refractivity contribution in [2.75, 3.05) is 0 Å². The predicted molar refractivity (Wildman–Crippen MR) is 72.0 cm³/mol. The molecule has 0 unspecified atom stereocenters. The van der Waals surface area contributed by atoms with E-state index in [-0.39, 0.29) is 0 Å². The maximum atomic E-state index is 9.58. The Balaban J connectivity index is 2.36. The summed E-state index contributed by atoms with van der Waals surface area (Å²) >= 11 is 0. The van der Waals surface area contributed by atoms with Crippen LogP contribution in [0.1, 0.15) is 19.4 Å². The molecular formula is C14H21OSi. The van der Waals surface area contributed by atoms with Crippen LogP contribution in [0.3, 0.4) is 0 Å². The Labute approximate surface area is 100 Å². The van der Waals surface area contributed by atoms with Crippen molar-refractivity contribution in [1.82, 2.24) is 0 Å². The van der Waals surface area contributed by atoms with Gasteiger partial charge in [-0.3, -0.25) is 0 Å². The van der Waals surface area contributed by atoms with Crippen LogP contribution in [0.4, 0.5) is 0 Å². The lowest BCUT2D eigenvalue weighted by atomic mass is 10.1. The van der Waals surface area contributed by atoms with E-state index >= 15 is 0 Å². The molecule has 1 aromatic carbocycles. The molecule has 1 radical (unpaired) electrons. The summed E-state index contributed by atoms with van der Waals surface area (Å²) in [4.78, 5) is 0. The standard InChI is InChI=1S/C14H21OSi/c1-14(2,15)10-12-16(3)11-9-13-7-5-4-6-8-13/h4-8,10,12,15H,9,11H2,1-3H3/b12-10+. The van der Waals surface area contributed by atoms with Gasteiger partial charge in [-0.1, -0.05) is 54.7 Å². The van der Waals surface area contributed by atoms with Gasteiger partial charge >= 0.3 is 0 Å². The van der Waals surface area contributed by atoms with Gasteiger partial charge in [-0.05, 0) is 25.8 Å². The minimum Gasteiger partial charge on any atom is -0.386 e. The monoisotopic (exact) mass is 233 g/mol. The summed E-state index contributed by atoms with van der Waals surface area (Å²) in [5.74, 6) is 0. The van der Waals surface area contributed by atoms with Crippen molar-refractivity contribution in [3.63, 3.8) is 0 Å². The first-order chi connectivity index (χ1) is 7.47. The Kier molecular flexibility index (Phi) is 4.96. The van der Waals surface area contributed by atoms with Crippen LogP contribution >= 0.6 is 0 Å². The van der Waals surface area contributed by atoms with E-state index in [1.54, 1.807) is 0 Å². The predicted octanol–water partition coefficient (Wildman–Crippen LogP) is 3.22. The van der Waals surface area contributed by atoms with Crippen molar-refractivity contribution in [2.24, 2.45) is 0 Å². The topological polar surface area (TPSA) is 20.2 Å². The minimum absolute atomic E-state index is 0.461. The molecule has 1 nitrogen and oxygen atoms in total. The first-order valence-electron chi connectivity index (χ1n) is 5.75. The van der Waals surface area contributed by atoms with Gasteiger partial charge in [0.25, 0.3) is 0 Å². The van der Waals surface area contributed by atoms with E-state index in [2.05, 4.69) is 42.6 Å². The van der Waals surface area contributed by atoms with Gasteiger partial charge in [-0.25, -0.2) is 0 Å². The van der Waals surface area contributed by atoms with Gasteiger partial charge in [0.15, 0.2) is 0 Å². The number of hydrogen-bond acceptors (Lipinski definition) is 1. The highest BCUT2D eigenvalue weighted by molar-refractivity contribution is 6.62. The van der Waals surface area contributed by atoms with Gasteiger partial charge in [0.05, 0.1) is 14.4 Å². The number of aryl methyl sites for hydroxylation is 1. The molecule has 0 atom stereocenters. The average molecular weight is 233 g/mol. The largest absolute Gasteiger partial charge is 0.386 e. The second-order valence-electron chi connectivity index (χ2n) is 4.82. The highest BCUT2D eigenvalue weighted by Crippen LogP contribution is 2.08. The van der Waals surface area contributed by atoms with Crippen LogP contribution in [-0.4, -0.2) is 19.5 Å². The van der Waals surface area contributed by atoms with Gasteiger partial charge in [-0.15, -0.1) is 0 Å². The lowest BCUT2D eigenvalue weighted by Crippen LogP contribution is -2.16. The Morgan fingerprint density at radius 3 is 2.44 bits per heavy atom. The molecular weight excluding hydrogens is 212 g/mol. The second kappa shape index (κ2) is 6.02. The third-order valence-corrected chi connectivity index (χ3v) is 4.20. The molecule has 0 amide bonds. The van der Waals surface area contributed by atoms with Crippen LogP contribution in [0.5, 0.6) is 0 Å². The normalized spacial score (nSPS) is 12.6. The fourth-order valence-corrected chi connectivity index (χ4v) is 2.96. The van der Waals surface area contributed by atoms with E-state index in [1.165, 1.54) is 11.6 Å². The van der Waals surface area contributed by atoms with Crippen LogP contribution in [-0.2, 0) is 6.42 Å². The molecule has 0 saturated heterocycles. The lowest BCUT2D eigenvalue weighted by molar-refractivity contribution is 0.133. The molecule has 0 aromatic heterocycles. The molecule has 87 valence electrons. The van der Waals surface area contributed by atoms with Crippen molar-refractivity contribution in [2.45, 2.75) is 38.5 Å². The zero-order valence-electron chi connectivity index (χ0n) is 10.4. The Morgan fingerprint density at radius 2 is 1.88 bits per heavy atom. The van der Waals surface area contributed by atoms with Crippen molar-refractivity contribution in [3.05, 3.63) is 47.7 Å². The van der Waals surface area contributed by atoms with Crippen LogP contribution < -0.4 is 0 Å². The van der Waals surface area contributed by atoms with E-state index < -0.39 is 14.4 Å². The summed E-state index contributed by atoms with van der Waals surface area (Å²) in [5, 5.41) is 9.58. The van der Waals surface area contributed by atoms with Gasteiger partial charge in [0.1, 0.15) is 0 Å². The zero-order valence-corrected chi connectivity index (χ0v) is 11.4. The smallest absolute Gasteiger partial charge is 0.0767 e. The zero-order chi connectivity index (χ0) is 12.0. The van der Waals surface area contributed by atoms with Crippen molar-refractivity contribution < 1.29 is 5.11 Å². The summed E-state index contributed by atoms with van der Waals surface area (Å²) in [6.45, 7) is 5.92. The molecule has 0 aliphatic rings. The highest BCUT2D eigenvalue weighted by atomic mass is 28.3. The van der Waals surface area contributed by atoms with Gasteiger partial charge in [0.2, 0.25) is 0 Å². The fraction of sp³-hybridized carbons (Fsp3) is 0.429. The first-order valence-corrected chi connectivity index (χ1v) is 8.04. The fourth-order valence-electron chi connectivity index (χ4n) is 1.42. The molecule has 1 rings (SSSR count). The molecule has 0 aliphatic heterocycles. The van der Waals surface area contributed by atoms with E-state index in [0.717, 1.165) is 6.42 Å². The molecule has 0 fully saturated rings. The maximum Gasteiger partial charge on any atom is 0.0767 e. The molecule has 16 heavy (non-hydrogen) atoms. The van der Waals surface area contributed by atoms with Crippen LogP contribution in [0.2, 0.25) is 12.6 Å². The van der Waals surface area contributed by atoms with Gasteiger partial charge < -0.3 is 5.11 Å². The number of benzene rings is 1. The van der Waals surface area contributed by atoms with Crippen molar-refractivity contribution in [3.8, 4) is 0 Å². The summed E-state index contributed by atoms with van der Waals surface area (Å²) < 4.78 is 0. The van der Waals surface area contributed by atoms with Crippen LogP contribution in [0.15, 0.2) is 42.1 Å². The summed E-state index contributed by atoms with van der Waals surface area (Å²) in [7, 11) is -0.461. The molecule has 0 heterocycles. The molecule has 0 aliphatic carbocycles. The van der Waals surface area contributed by atoms with Gasteiger partial charge in [0, 0.05) is 0 Å². The molecule has 2 heteroatoms.